The van der Waals surface area contributed by atoms with Crippen molar-refractivity contribution in [3.63, 3.8) is 0 Å². The van der Waals surface area contributed by atoms with Gasteiger partial charge in [0.15, 0.2) is 6.04 Å². The molecule has 0 aromatic rings. The maximum atomic E-state index is 11.0. The van der Waals surface area contributed by atoms with E-state index in [0.29, 0.717) is 0 Å². The first kappa shape index (κ1) is 11.8. The van der Waals surface area contributed by atoms with Crippen LogP contribution in [0.4, 0.5) is 0 Å². The molecule has 0 aromatic carbocycles. The van der Waals surface area contributed by atoms with Crippen molar-refractivity contribution in [3.05, 3.63) is 0 Å². The highest BCUT2D eigenvalue weighted by Crippen LogP contribution is 1.83. The summed E-state index contributed by atoms with van der Waals surface area (Å²) in [4.78, 5) is 22.0. The molecule has 0 atom stereocenters. The van der Waals surface area contributed by atoms with Crippen LogP contribution in [-0.2, 0) is 9.59 Å². The summed E-state index contributed by atoms with van der Waals surface area (Å²) < 4.78 is 0. The van der Waals surface area contributed by atoms with Crippen molar-refractivity contribution < 1.29 is 9.59 Å². The molecule has 0 fully saturated rings. The number of hydrazine groups is 3. The topological polar surface area (TPSA) is 126 Å². The lowest BCUT2D eigenvalue weighted by Gasteiger charge is -2.19. The largest absolute Gasteiger partial charge is 0.292 e. The zero-order valence-electron chi connectivity index (χ0n) is 7.50. The molecular weight excluding hydrogens is 176 g/mol. The van der Waals surface area contributed by atoms with Gasteiger partial charge in [-0.3, -0.25) is 20.4 Å². The van der Waals surface area contributed by atoms with Crippen LogP contribution in [0.5, 0.6) is 0 Å². The second-order valence-electron chi connectivity index (χ2n) is 2.47. The molecule has 0 aliphatic carbocycles. The molecule has 8 nitrogen and oxygen atoms in total. The molecule has 0 aliphatic rings. The van der Waals surface area contributed by atoms with Gasteiger partial charge in [-0.05, 0) is 0 Å². The van der Waals surface area contributed by atoms with E-state index >= 15 is 0 Å². The van der Waals surface area contributed by atoms with Crippen LogP contribution in [0, 0.1) is 0 Å². The van der Waals surface area contributed by atoms with Crippen LogP contribution in [0.15, 0.2) is 0 Å². The number of carbonyl (C=O) groups is 2. The van der Waals surface area contributed by atoms with Crippen LogP contribution in [-0.4, -0.2) is 37.0 Å². The fourth-order valence-corrected chi connectivity index (χ4v) is 0.661. The number of amides is 2. The number of hydrogen-bond donors (Lipinski definition) is 5. The summed E-state index contributed by atoms with van der Waals surface area (Å²) >= 11 is 0. The average Bonchev–Trinajstić information content (AvgIpc) is 2.11. The third-order valence-corrected chi connectivity index (χ3v) is 1.20. The molecule has 0 heterocycles. The van der Waals surface area contributed by atoms with E-state index in [4.69, 9.17) is 11.7 Å². The highest BCUT2D eigenvalue weighted by atomic mass is 16.2. The molecule has 0 radical (unpaired) electrons. The third kappa shape index (κ3) is 3.80. The Morgan fingerprint density at radius 1 is 1.15 bits per heavy atom. The number of nitrogens with one attached hydrogen (secondary N) is 3. The van der Waals surface area contributed by atoms with E-state index in [1.165, 1.54) is 5.01 Å². The standard InChI is InChI=1S/C5H14N6O2/c1-11(2)10-3(4(12)8-6)5(13)9-7/h3,10H,6-7H2,1-2H3,(H,8,12)(H,9,13). The SMILES string of the molecule is CN(C)NC(C(=O)NN)C(=O)NN. The molecule has 0 bridgehead atoms. The summed E-state index contributed by atoms with van der Waals surface area (Å²) in [7, 11) is 3.25. The van der Waals surface area contributed by atoms with Gasteiger partial charge in [0.2, 0.25) is 0 Å². The molecule has 7 N–H and O–H groups in total. The number of nitrogens with zero attached hydrogens (tertiary/aromatic N) is 1. The van der Waals surface area contributed by atoms with Crippen LogP contribution in [0.3, 0.4) is 0 Å². The summed E-state index contributed by atoms with van der Waals surface area (Å²) in [5, 5.41) is 1.44. The predicted octanol–water partition coefficient (Wildman–Crippen LogP) is -3.60. The molecule has 0 rings (SSSR count). The van der Waals surface area contributed by atoms with E-state index in [-0.39, 0.29) is 0 Å². The molecule has 0 aliphatic heterocycles. The Kier molecular flexibility index (Phi) is 4.92. The quantitative estimate of drug-likeness (QED) is 0.135. The number of carbonyl (C=O) groups excluding carboxylic acids is 2. The summed E-state index contributed by atoms with van der Waals surface area (Å²) in [5.41, 5.74) is 6.21. The molecule has 2 amide bonds. The smallest absolute Gasteiger partial charge is 0.262 e. The monoisotopic (exact) mass is 190 g/mol. The van der Waals surface area contributed by atoms with Crippen LogP contribution in [0.25, 0.3) is 0 Å². The minimum atomic E-state index is -1.13. The second-order valence-corrected chi connectivity index (χ2v) is 2.47. The fraction of sp³-hybridized carbons (Fsp3) is 0.600. The number of nitrogens with two attached hydrogens (primary N) is 2. The Hall–Kier alpha value is -1.22. The van der Waals surface area contributed by atoms with Gasteiger partial charge < -0.3 is 0 Å². The average molecular weight is 190 g/mol. The highest BCUT2D eigenvalue weighted by Gasteiger charge is 2.25. The lowest BCUT2D eigenvalue weighted by atomic mass is 10.3. The first-order valence-corrected chi connectivity index (χ1v) is 3.47. The van der Waals surface area contributed by atoms with Gasteiger partial charge >= 0.3 is 0 Å². The number of rotatable bonds is 4. The maximum Gasteiger partial charge on any atom is 0.262 e. The van der Waals surface area contributed by atoms with Crippen molar-refractivity contribution in [3.8, 4) is 0 Å². The predicted molar refractivity (Wildman–Crippen MR) is 45.3 cm³/mol. The summed E-state index contributed by atoms with van der Waals surface area (Å²) in [6.45, 7) is 0. The first-order chi connectivity index (χ1) is 6.02. The van der Waals surface area contributed by atoms with Crippen molar-refractivity contribution in [2.24, 2.45) is 11.7 Å². The molecule has 0 aromatic heterocycles. The molecule has 0 saturated heterocycles. The lowest BCUT2D eigenvalue weighted by molar-refractivity contribution is -0.134. The summed E-state index contributed by atoms with van der Waals surface area (Å²) in [5.74, 6) is 8.39. The van der Waals surface area contributed by atoms with E-state index < -0.39 is 17.9 Å². The van der Waals surface area contributed by atoms with Crippen molar-refractivity contribution >= 4 is 11.8 Å². The van der Waals surface area contributed by atoms with E-state index in [2.05, 4.69) is 5.43 Å². The van der Waals surface area contributed by atoms with E-state index in [1.54, 1.807) is 14.1 Å². The van der Waals surface area contributed by atoms with Crippen molar-refractivity contribution in [1.82, 2.24) is 21.3 Å². The molecule has 0 unspecified atom stereocenters. The third-order valence-electron chi connectivity index (χ3n) is 1.20. The van der Waals surface area contributed by atoms with E-state index in [9.17, 15) is 9.59 Å². The molecular formula is C5H14N6O2. The van der Waals surface area contributed by atoms with Gasteiger partial charge in [-0.2, -0.15) is 0 Å². The van der Waals surface area contributed by atoms with Gasteiger partial charge in [0.1, 0.15) is 0 Å². The zero-order valence-corrected chi connectivity index (χ0v) is 7.50. The molecule has 0 saturated carbocycles. The Morgan fingerprint density at radius 3 is 1.77 bits per heavy atom. The summed E-state index contributed by atoms with van der Waals surface area (Å²) in [6, 6.07) is -1.13. The van der Waals surface area contributed by atoms with Crippen molar-refractivity contribution in [1.29, 1.82) is 0 Å². The molecule has 0 spiro atoms. The van der Waals surface area contributed by atoms with Crippen LogP contribution < -0.4 is 28.0 Å². The minimum Gasteiger partial charge on any atom is -0.292 e. The van der Waals surface area contributed by atoms with Crippen LogP contribution >= 0.6 is 0 Å². The Morgan fingerprint density at radius 2 is 1.54 bits per heavy atom. The Balaban J connectivity index is 4.36. The van der Waals surface area contributed by atoms with Crippen molar-refractivity contribution in [2.45, 2.75) is 6.04 Å². The van der Waals surface area contributed by atoms with E-state index in [0.717, 1.165) is 0 Å². The van der Waals surface area contributed by atoms with Gasteiger partial charge in [0.05, 0.1) is 0 Å². The highest BCUT2D eigenvalue weighted by molar-refractivity contribution is 6.03. The van der Waals surface area contributed by atoms with Gasteiger partial charge in [0.25, 0.3) is 11.8 Å². The second kappa shape index (κ2) is 5.43. The zero-order chi connectivity index (χ0) is 10.4. The van der Waals surface area contributed by atoms with Crippen LogP contribution in [0.2, 0.25) is 0 Å². The molecule has 13 heavy (non-hydrogen) atoms. The number of hydrogen-bond acceptors (Lipinski definition) is 6. The molecule has 8 heteroatoms. The normalized spacial score (nSPS) is 10.3. The minimum absolute atomic E-state index is 0.670. The van der Waals surface area contributed by atoms with Gasteiger partial charge in [0, 0.05) is 14.1 Å². The maximum absolute atomic E-state index is 11.0. The Bertz CT molecular complexity index is 177. The summed E-state index contributed by atoms with van der Waals surface area (Å²) in [6.07, 6.45) is 0. The van der Waals surface area contributed by atoms with Crippen LogP contribution in [0.1, 0.15) is 0 Å². The first-order valence-electron chi connectivity index (χ1n) is 3.47. The Labute approximate surface area is 75.5 Å². The molecule has 76 valence electrons. The van der Waals surface area contributed by atoms with Gasteiger partial charge in [-0.25, -0.2) is 22.1 Å². The van der Waals surface area contributed by atoms with Gasteiger partial charge in [-0.15, -0.1) is 0 Å². The van der Waals surface area contributed by atoms with E-state index in [1.807, 2.05) is 10.9 Å². The fourth-order valence-electron chi connectivity index (χ4n) is 0.661. The van der Waals surface area contributed by atoms with Gasteiger partial charge in [-0.1, -0.05) is 0 Å². The lowest BCUT2D eigenvalue weighted by Crippen LogP contribution is -2.59. The van der Waals surface area contributed by atoms with Crippen molar-refractivity contribution in [2.75, 3.05) is 14.1 Å².